The lowest BCUT2D eigenvalue weighted by Crippen LogP contribution is -2.24. The van der Waals surface area contributed by atoms with Crippen LogP contribution in [0, 0.1) is 17.7 Å². The number of methoxy groups -OCH3 is 1. The van der Waals surface area contributed by atoms with E-state index < -0.39 is 0 Å². The first-order valence-corrected chi connectivity index (χ1v) is 6.31. The molecule has 0 bridgehead atoms. The summed E-state index contributed by atoms with van der Waals surface area (Å²) in [4.78, 5) is 11.4. The zero-order valence-electron chi connectivity index (χ0n) is 11.4. The van der Waals surface area contributed by atoms with Crippen LogP contribution in [0.3, 0.4) is 0 Å². The first-order chi connectivity index (χ1) is 9.67. The lowest BCUT2D eigenvalue weighted by Gasteiger charge is -2.06. The predicted molar refractivity (Wildman–Crippen MR) is 73.3 cm³/mol. The molecule has 0 radical (unpaired) electrons. The van der Waals surface area contributed by atoms with Gasteiger partial charge in [-0.15, -0.1) is 0 Å². The van der Waals surface area contributed by atoms with Gasteiger partial charge in [-0.25, -0.2) is 4.39 Å². The number of rotatable bonds is 6. The fourth-order valence-electron chi connectivity index (χ4n) is 1.49. The highest BCUT2D eigenvalue weighted by molar-refractivity contribution is 5.75. The van der Waals surface area contributed by atoms with E-state index in [2.05, 4.69) is 17.2 Å². The molecule has 0 heterocycles. The third kappa shape index (κ3) is 5.83. The maximum atomic E-state index is 13.6. The summed E-state index contributed by atoms with van der Waals surface area (Å²) in [5, 5.41) is 11.3. The van der Waals surface area contributed by atoms with Crippen LogP contribution >= 0.6 is 0 Å². The molecule has 1 aromatic carbocycles. The lowest BCUT2D eigenvalue weighted by atomic mass is 10.1. The van der Waals surface area contributed by atoms with Crippen molar-refractivity contribution in [3.8, 4) is 11.8 Å². The monoisotopic (exact) mass is 279 g/mol. The summed E-state index contributed by atoms with van der Waals surface area (Å²) in [5.41, 5.74) is 1.03. The van der Waals surface area contributed by atoms with Gasteiger partial charge in [0.2, 0.25) is 5.91 Å². The summed E-state index contributed by atoms with van der Waals surface area (Å²) in [7, 11) is 1.52. The van der Waals surface area contributed by atoms with Gasteiger partial charge in [0.15, 0.2) is 0 Å². The largest absolute Gasteiger partial charge is 0.395 e. The van der Waals surface area contributed by atoms with Gasteiger partial charge in [-0.1, -0.05) is 11.8 Å². The molecule has 0 aliphatic carbocycles. The molecule has 0 aliphatic rings. The SMILES string of the molecule is COCCC(=O)NCc1cc(C#CCCO)ccc1F. The van der Waals surface area contributed by atoms with Crippen LogP contribution in [0.5, 0.6) is 0 Å². The molecule has 0 saturated heterocycles. The van der Waals surface area contributed by atoms with Crippen molar-refractivity contribution < 1.29 is 19.0 Å². The van der Waals surface area contributed by atoms with Crippen LogP contribution in [0.1, 0.15) is 24.0 Å². The second-order valence-corrected chi connectivity index (χ2v) is 4.10. The van der Waals surface area contributed by atoms with Crippen LogP contribution in [0.15, 0.2) is 18.2 Å². The first-order valence-electron chi connectivity index (χ1n) is 6.31. The van der Waals surface area contributed by atoms with Crippen molar-refractivity contribution >= 4 is 5.91 Å². The number of halogens is 1. The molecule has 0 aliphatic heterocycles. The van der Waals surface area contributed by atoms with Crippen molar-refractivity contribution in [3.05, 3.63) is 35.1 Å². The molecule has 4 nitrogen and oxygen atoms in total. The van der Waals surface area contributed by atoms with Crippen LogP contribution in [-0.4, -0.2) is 31.3 Å². The van der Waals surface area contributed by atoms with E-state index in [0.717, 1.165) is 0 Å². The van der Waals surface area contributed by atoms with Crippen molar-refractivity contribution in [2.75, 3.05) is 20.3 Å². The van der Waals surface area contributed by atoms with Gasteiger partial charge in [-0.3, -0.25) is 4.79 Å². The van der Waals surface area contributed by atoms with Gasteiger partial charge in [0.25, 0.3) is 0 Å². The lowest BCUT2D eigenvalue weighted by molar-refractivity contribution is -0.122. The Bertz CT molecular complexity index is 506. The number of hydrogen-bond acceptors (Lipinski definition) is 3. The summed E-state index contributed by atoms with van der Waals surface area (Å²) >= 11 is 0. The minimum atomic E-state index is -0.384. The number of carbonyl (C=O) groups is 1. The molecule has 0 saturated carbocycles. The first kappa shape index (κ1) is 16.2. The standard InChI is InChI=1S/C15H18FNO3/c1-20-9-7-15(19)17-11-13-10-12(4-2-3-8-18)5-6-14(13)16/h5-6,10,18H,3,7-9,11H2,1H3,(H,17,19). The van der Waals surface area contributed by atoms with Gasteiger partial charge in [0.05, 0.1) is 13.2 Å². The Labute approximate surface area is 117 Å². The molecule has 1 aromatic rings. The number of hydrogen-bond donors (Lipinski definition) is 2. The number of benzene rings is 1. The molecule has 0 fully saturated rings. The molecular weight excluding hydrogens is 261 g/mol. The Morgan fingerprint density at radius 3 is 3.00 bits per heavy atom. The van der Waals surface area contributed by atoms with Crippen molar-refractivity contribution in [1.29, 1.82) is 0 Å². The van der Waals surface area contributed by atoms with Crippen molar-refractivity contribution in [3.63, 3.8) is 0 Å². The van der Waals surface area contributed by atoms with Gasteiger partial charge >= 0.3 is 0 Å². The van der Waals surface area contributed by atoms with Crippen LogP contribution in [-0.2, 0) is 16.1 Å². The maximum Gasteiger partial charge on any atom is 0.222 e. The van der Waals surface area contributed by atoms with E-state index in [0.29, 0.717) is 24.2 Å². The van der Waals surface area contributed by atoms with Gasteiger partial charge in [-0.2, -0.15) is 0 Å². The molecule has 0 unspecified atom stereocenters. The predicted octanol–water partition coefficient (Wildman–Crippen LogP) is 1.21. The van der Waals surface area contributed by atoms with Gasteiger partial charge in [-0.05, 0) is 18.2 Å². The normalized spacial score (nSPS) is 9.75. The number of carbonyl (C=O) groups excluding carboxylic acids is 1. The molecule has 1 rings (SSSR count). The second-order valence-electron chi connectivity index (χ2n) is 4.10. The smallest absolute Gasteiger partial charge is 0.222 e. The van der Waals surface area contributed by atoms with Crippen molar-refractivity contribution in [2.45, 2.75) is 19.4 Å². The van der Waals surface area contributed by atoms with E-state index in [-0.39, 0.29) is 31.3 Å². The van der Waals surface area contributed by atoms with E-state index in [1.54, 1.807) is 12.1 Å². The van der Waals surface area contributed by atoms with E-state index in [1.807, 2.05) is 0 Å². The van der Waals surface area contributed by atoms with Gasteiger partial charge in [0, 0.05) is 37.6 Å². The van der Waals surface area contributed by atoms with E-state index in [4.69, 9.17) is 9.84 Å². The second kappa shape index (κ2) is 9.08. The Balaban J connectivity index is 2.63. The number of nitrogens with one attached hydrogen (secondary N) is 1. The van der Waals surface area contributed by atoms with E-state index >= 15 is 0 Å². The number of ether oxygens (including phenoxy) is 1. The Hall–Kier alpha value is -1.90. The molecule has 108 valence electrons. The molecular formula is C15H18FNO3. The Morgan fingerprint density at radius 2 is 2.30 bits per heavy atom. The topological polar surface area (TPSA) is 58.6 Å². The Morgan fingerprint density at radius 1 is 1.50 bits per heavy atom. The summed E-state index contributed by atoms with van der Waals surface area (Å²) in [6, 6.07) is 4.48. The zero-order valence-corrected chi connectivity index (χ0v) is 11.4. The average Bonchev–Trinajstić information content (AvgIpc) is 2.45. The summed E-state index contributed by atoms with van der Waals surface area (Å²) in [5.74, 6) is 5.01. The summed E-state index contributed by atoms with van der Waals surface area (Å²) < 4.78 is 18.4. The average molecular weight is 279 g/mol. The van der Waals surface area contributed by atoms with Gasteiger partial charge < -0.3 is 15.2 Å². The van der Waals surface area contributed by atoms with Crippen LogP contribution in [0.2, 0.25) is 0 Å². The molecule has 0 atom stereocenters. The number of aliphatic hydroxyl groups excluding tert-OH is 1. The molecule has 0 aromatic heterocycles. The van der Waals surface area contributed by atoms with Crippen LogP contribution in [0.25, 0.3) is 0 Å². The summed E-state index contributed by atoms with van der Waals surface area (Å²) in [6.07, 6.45) is 0.620. The number of aliphatic hydroxyl groups is 1. The minimum absolute atomic E-state index is 0.00336. The van der Waals surface area contributed by atoms with E-state index in [1.165, 1.54) is 13.2 Å². The van der Waals surface area contributed by atoms with Crippen molar-refractivity contribution in [2.24, 2.45) is 0 Å². The summed E-state index contributed by atoms with van der Waals surface area (Å²) in [6.45, 7) is 0.446. The van der Waals surface area contributed by atoms with Crippen LogP contribution in [0.4, 0.5) is 4.39 Å². The fraction of sp³-hybridized carbons (Fsp3) is 0.400. The highest BCUT2D eigenvalue weighted by Crippen LogP contribution is 2.10. The highest BCUT2D eigenvalue weighted by atomic mass is 19.1. The third-order valence-electron chi connectivity index (χ3n) is 2.52. The van der Waals surface area contributed by atoms with Gasteiger partial charge in [0.1, 0.15) is 5.82 Å². The molecule has 20 heavy (non-hydrogen) atoms. The number of amides is 1. The minimum Gasteiger partial charge on any atom is -0.395 e. The van der Waals surface area contributed by atoms with Crippen molar-refractivity contribution in [1.82, 2.24) is 5.32 Å². The molecule has 1 amide bonds. The zero-order chi connectivity index (χ0) is 14.8. The molecule has 0 spiro atoms. The van der Waals surface area contributed by atoms with Crippen LogP contribution < -0.4 is 5.32 Å². The molecule has 2 N–H and O–H groups in total. The maximum absolute atomic E-state index is 13.6. The third-order valence-corrected chi connectivity index (χ3v) is 2.52. The molecule has 5 heteroatoms. The quantitative estimate of drug-likeness (QED) is 0.770. The highest BCUT2D eigenvalue weighted by Gasteiger charge is 2.05. The Kier molecular flexibility index (Phi) is 7.33. The van der Waals surface area contributed by atoms with E-state index in [9.17, 15) is 9.18 Å². The fourth-order valence-corrected chi connectivity index (χ4v) is 1.49.